The van der Waals surface area contributed by atoms with Crippen LogP contribution in [0.1, 0.15) is 6.42 Å². The number of thioether (sulfide) groups is 1. The van der Waals surface area contributed by atoms with Crippen molar-refractivity contribution in [2.24, 2.45) is 11.8 Å². The molecule has 0 saturated carbocycles. The van der Waals surface area contributed by atoms with Crippen LogP contribution < -0.4 is 0 Å². The van der Waals surface area contributed by atoms with Gasteiger partial charge in [0.05, 0.1) is 8.07 Å². The van der Waals surface area contributed by atoms with Crippen LogP contribution >= 0.6 is 11.8 Å². The number of fused-ring (bicyclic) bond motifs is 1. The highest BCUT2D eigenvalue weighted by molar-refractivity contribution is 7.99. The van der Waals surface area contributed by atoms with E-state index in [1.807, 2.05) is 0 Å². The summed E-state index contributed by atoms with van der Waals surface area (Å²) in [5.74, 6) is 5.46. The average Bonchev–Trinajstić information content (AvgIpc) is 2.37. The fourth-order valence-corrected chi connectivity index (χ4v) is 10.8. The molecule has 0 unspecified atom stereocenters. The summed E-state index contributed by atoms with van der Waals surface area (Å²) in [6, 6.07) is 6.91. The summed E-state index contributed by atoms with van der Waals surface area (Å²) >= 11 is 2.22. The minimum atomic E-state index is -0.489. The van der Waals surface area contributed by atoms with Crippen LogP contribution in [0.5, 0.6) is 0 Å². The predicted molar refractivity (Wildman–Crippen MR) is 53.9 cm³/mol. The Morgan fingerprint density at radius 1 is 1.00 bits per heavy atom. The summed E-state index contributed by atoms with van der Waals surface area (Å²) < 4.78 is 0. The van der Waals surface area contributed by atoms with Crippen LogP contribution in [0.15, 0.2) is 0 Å². The first-order chi connectivity index (χ1) is 5.38. The smallest absolute Gasteiger partial charge is 0.0541 e. The SMILES string of the molecule is C1C[Si]2(C1)C[C@@H]1CSC[C@H]1C2. The van der Waals surface area contributed by atoms with Crippen molar-refractivity contribution in [1.82, 2.24) is 0 Å². The lowest BCUT2D eigenvalue weighted by molar-refractivity contribution is 0.525. The number of hydrogen-bond acceptors (Lipinski definition) is 1. The third-order valence-electron chi connectivity index (χ3n) is 4.14. The van der Waals surface area contributed by atoms with Crippen molar-refractivity contribution in [3.8, 4) is 0 Å². The highest BCUT2D eigenvalue weighted by Gasteiger charge is 2.51. The van der Waals surface area contributed by atoms with Gasteiger partial charge in [0, 0.05) is 0 Å². The Bertz CT molecular complexity index is 162. The molecule has 0 aliphatic carbocycles. The molecule has 2 atom stereocenters. The first kappa shape index (κ1) is 7.02. The first-order valence-corrected chi connectivity index (χ1v) is 8.94. The van der Waals surface area contributed by atoms with E-state index in [-0.39, 0.29) is 0 Å². The standard InChI is InChI=1S/C9H16SSi/c1-2-11(3-1)6-8-4-10-5-9(8)7-11/h8-9H,1-7H2/t8-,9-/m0/s1. The van der Waals surface area contributed by atoms with Crippen molar-refractivity contribution < 1.29 is 0 Å². The van der Waals surface area contributed by atoms with Gasteiger partial charge in [-0.2, -0.15) is 11.8 Å². The van der Waals surface area contributed by atoms with Crippen molar-refractivity contribution in [3.63, 3.8) is 0 Å². The lowest BCUT2D eigenvalue weighted by atomic mass is 10.0. The topological polar surface area (TPSA) is 0 Å². The van der Waals surface area contributed by atoms with E-state index in [9.17, 15) is 0 Å². The second-order valence-electron chi connectivity index (χ2n) is 4.82. The maximum Gasteiger partial charge on any atom is 0.0541 e. The zero-order chi connectivity index (χ0) is 7.31. The van der Waals surface area contributed by atoms with E-state index in [0.29, 0.717) is 0 Å². The van der Waals surface area contributed by atoms with Crippen LogP contribution in [0, 0.1) is 11.8 Å². The third-order valence-corrected chi connectivity index (χ3v) is 11.1. The second-order valence-corrected chi connectivity index (χ2v) is 10.7. The molecule has 0 bridgehead atoms. The van der Waals surface area contributed by atoms with Crippen LogP contribution in [0.4, 0.5) is 0 Å². The molecule has 0 radical (unpaired) electrons. The van der Waals surface area contributed by atoms with Gasteiger partial charge in [-0.15, -0.1) is 0 Å². The highest BCUT2D eigenvalue weighted by atomic mass is 32.2. The maximum absolute atomic E-state index is 2.22. The van der Waals surface area contributed by atoms with Gasteiger partial charge in [-0.1, -0.05) is 30.6 Å². The minimum absolute atomic E-state index is 0.489. The van der Waals surface area contributed by atoms with E-state index in [1.165, 1.54) is 23.3 Å². The predicted octanol–water partition coefficient (Wildman–Crippen LogP) is 2.83. The molecule has 1 spiro atoms. The van der Waals surface area contributed by atoms with Gasteiger partial charge in [0.1, 0.15) is 0 Å². The van der Waals surface area contributed by atoms with Gasteiger partial charge < -0.3 is 0 Å². The highest BCUT2D eigenvalue weighted by Crippen LogP contribution is 2.55. The number of rotatable bonds is 0. The molecule has 2 heteroatoms. The zero-order valence-corrected chi connectivity index (χ0v) is 8.83. The molecule has 0 aromatic rings. The van der Waals surface area contributed by atoms with E-state index in [4.69, 9.17) is 0 Å². The monoisotopic (exact) mass is 184 g/mol. The van der Waals surface area contributed by atoms with Crippen molar-refractivity contribution in [3.05, 3.63) is 0 Å². The summed E-state index contributed by atoms with van der Waals surface area (Å²) in [5, 5.41) is 0. The van der Waals surface area contributed by atoms with E-state index in [2.05, 4.69) is 11.8 Å². The molecule has 0 aromatic heterocycles. The lowest BCUT2D eigenvalue weighted by Crippen LogP contribution is -2.38. The number of hydrogen-bond donors (Lipinski definition) is 0. The molecule has 0 N–H and O–H groups in total. The molecule has 0 aromatic carbocycles. The van der Waals surface area contributed by atoms with Gasteiger partial charge in [0.2, 0.25) is 0 Å². The fourth-order valence-electron chi connectivity index (χ4n) is 3.37. The Morgan fingerprint density at radius 3 is 2.09 bits per heavy atom. The fraction of sp³-hybridized carbons (Fsp3) is 1.00. The van der Waals surface area contributed by atoms with Gasteiger partial charge in [0.15, 0.2) is 0 Å². The molecule has 3 fully saturated rings. The second kappa shape index (κ2) is 2.29. The van der Waals surface area contributed by atoms with E-state index in [0.717, 1.165) is 0 Å². The minimum Gasteiger partial charge on any atom is -0.161 e. The van der Waals surface area contributed by atoms with Crippen LogP contribution in [-0.4, -0.2) is 19.6 Å². The summed E-state index contributed by atoms with van der Waals surface area (Å²) in [5.41, 5.74) is 0. The molecule has 3 saturated heterocycles. The lowest BCUT2D eigenvalue weighted by Gasteiger charge is -2.36. The summed E-state index contributed by atoms with van der Waals surface area (Å²) in [4.78, 5) is 0. The van der Waals surface area contributed by atoms with Crippen LogP contribution in [0.2, 0.25) is 24.2 Å². The van der Waals surface area contributed by atoms with Gasteiger partial charge >= 0.3 is 0 Å². The molecular weight excluding hydrogens is 168 g/mol. The summed E-state index contributed by atoms with van der Waals surface area (Å²) in [7, 11) is -0.489. The van der Waals surface area contributed by atoms with Crippen molar-refractivity contribution >= 4 is 19.8 Å². The molecule has 0 nitrogen and oxygen atoms in total. The zero-order valence-electron chi connectivity index (χ0n) is 7.01. The molecule has 3 aliphatic rings. The molecule has 0 amide bonds. The van der Waals surface area contributed by atoms with Crippen LogP contribution in [0.25, 0.3) is 0 Å². The van der Waals surface area contributed by atoms with E-state index >= 15 is 0 Å². The van der Waals surface area contributed by atoms with Crippen LogP contribution in [0.3, 0.4) is 0 Å². The molecule has 3 rings (SSSR count). The largest absolute Gasteiger partial charge is 0.161 e. The van der Waals surface area contributed by atoms with Gasteiger partial charge in [-0.05, 0) is 23.3 Å². The Kier molecular flexibility index (Phi) is 1.46. The Morgan fingerprint density at radius 2 is 1.64 bits per heavy atom. The van der Waals surface area contributed by atoms with Gasteiger partial charge in [0.25, 0.3) is 0 Å². The Labute approximate surface area is 74.1 Å². The Balaban J connectivity index is 1.77. The van der Waals surface area contributed by atoms with Gasteiger partial charge in [-0.3, -0.25) is 0 Å². The molecular formula is C9H16SSi. The van der Waals surface area contributed by atoms with Crippen LogP contribution in [-0.2, 0) is 0 Å². The quantitative estimate of drug-likeness (QED) is 0.522. The first-order valence-electron chi connectivity index (χ1n) is 4.96. The van der Waals surface area contributed by atoms with Crippen molar-refractivity contribution in [2.75, 3.05) is 11.5 Å². The third kappa shape index (κ3) is 0.950. The molecule has 62 valence electrons. The van der Waals surface area contributed by atoms with Gasteiger partial charge in [-0.25, -0.2) is 0 Å². The van der Waals surface area contributed by atoms with E-state index < -0.39 is 8.07 Å². The Hall–Kier alpha value is 0.567. The average molecular weight is 184 g/mol. The summed E-state index contributed by atoms with van der Waals surface area (Å²) in [6.07, 6.45) is 1.60. The molecule has 11 heavy (non-hydrogen) atoms. The molecule has 3 heterocycles. The van der Waals surface area contributed by atoms with E-state index in [1.54, 1.807) is 30.6 Å². The maximum atomic E-state index is 2.22. The normalized spacial score (nSPS) is 45.8. The summed E-state index contributed by atoms with van der Waals surface area (Å²) in [6.45, 7) is 0. The van der Waals surface area contributed by atoms with Crippen molar-refractivity contribution in [2.45, 2.75) is 30.6 Å². The molecule has 3 aliphatic heterocycles. The van der Waals surface area contributed by atoms with Crippen molar-refractivity contribution in [1.29, 1.82) is 0 Å².